The third kappa shape index (κ3) is 4.84. The summed E-state index contributed by atoms with van der Waals surface area (Å²) >= 11 is 6.04. The first-order valence-corrected chi connectivity index (χ1v) is 7.63. The van der Waals surface area contributed by atoms with Gasteiger partial charge in [-0.05, 0) is 25.1 Å². The second-order valence-corrected chi connectivity index (χ2v) is 5.41. The van der Waals surface area contributed by atoms with Gasteiger partial charge in [0.15, 0.2) is 6.61 Å². The van der Waals surface area contributed by atoms with E-state index in [1.807, 2.05) is 0 Å². The molecule has 0 saturated carbocycles. The lowest BCUT2D eigenvalue weighted by molar-refractivity contribution is -0.119. The summed E-state index contributed by atoms with van der Waals surface area (Å²) in [5.74, 6) is -0.395. The predicted molar refractivity (Wildman–Crippen MR) is 92.4 cm³/mol. The maximum Gasteiger partial charge on any atom is 0.340 e. The van der Waals surface area contributed by atoms with Gasteiger partial charge in [0, 0.05) is 18.0 Å². The smallest absolute Gasteiger partial charge is 0.340 e. The number of rotatable bonds is 6. The van der Waals surface area contributed by atoms with Crippen LogP contribution in [-0.2, 0) is 9.53 Å². The van der Waals surface area contributed by atoms with Gasteiger partial charge < -0.3 is 19.5 Å². The molecule has 0 radical (unpaired) electrons. The maximum atomic E-state index is 12.0. The van der Waals surface area contributed by atoms with Crippen LogP contribution in [-0.4, -0.2) is 37.7 Å². The summed E-state index contributed by atoms with van der Waals surface area (Å²) in [7, 11) is 2.92. The van der Waals surface area contributed by atoms with Crippen LogP contribution in [0.15, 0.2) is 30.5 Å². The molecule has 0 aliphatic rings. The lowest BCUT2D eigenvalue weighted by Gasteiger charge is -2.13. The summed E-state index contributed by atoms with van der Waals surface area (Å²) in [6.07, 6.45) is 1.39. The third-order valence-electron chi connectivity index (χ3n) is 3.23. The number of nitrogens with zero attached hydrogens (tertiary/aromatic N) is 1. The van der Waals surface area contributed by atoms with Crippen LogP contribution < -0.4 is 14.8 Å². The molecule has 0 aliphatic heterocycles. The van der Waals surface area contributed by atoms with Gasteiger partial charge in [0.1, 0.15) is 11.5 Å². The molecule has 1 N–H and O–H groups in total. The van der Waals surface area contributed by atoms with Gasteiger partial charge in [-0.15, -0.1) is 0 Å². The summed E-state index contributed by atoms with van der Waals surface area (Å²) < 4.78 is 15.2. The second kappa shape index (κ2) is 8.34. The summed E-state index contributed by atoms with van der Waals surface area (Å²) in [5, 5.41) is 2.88. The van der Waals surface area contributed by atoms with Crippen molar-refractivity contribution in [2.24, 2.45) is 0 Å². The van der Waals surface area contributed by atoms with Crippen LogP contribution in [0.3, 0.4) is 0 Å². The normalized spacial score (nSPS) is 10.1. The summed E-state index contributed by atoms with van der Waals surface area (Å²) in [6.45, 7) is 1.34. The van der Waals surface area contributed by atoms with Gasteiger partial charge in [0.25, 0.3) is 5.91 Å². The van der Waals surface area contributed by atoms with Crippen LogP contribution in [0.4, 0.5) is 5.69 Å². The molecule has 2 rings (SSSR count). The molecule has 1 aromatic heterocycles. The average Bonchev–Trinajstić information content (AvgIpc) is 2.60. The van der Waals surface area contributed by atoms with E-state index in [1.54, 1.807) is 25.1 Å². The largest absolute Gasteiger partial charge is 0.495 e. The van der Waals surface area contributed by atoms with Crippen molar-refractivity contribution >= 4 is 29.2 Å². The number of hydrogen-bond donors (Lipinski definition) is 1. The number of halogens is 1. The number of benzene rings is 1. The van der Waals surface area contributed by atoms with E-state index in [1.165, 1.54) is 26.5 Å². The lowest BCUT2D eigenvalue weighted by Crippen LogP contribution is -2.21. The molecule has 0 atom stereocenters. The van der Waals surface area contributed by atoms with E-state index in [0.29, 0.717) is 22.2 Å². The molecule has 0 spiro atoms. The van der Waals surface area contributed by atoms with Crippen molar-refractivity contribution in [2.75, 3.05) is 26.1 Å². The molecule has 0 saturated heterocycles. The minimum absolute atomic E-state index is 0.267. The Bertz CT molecular complexity index is 777. The number of pyridine rings is 1. The first-order valence-electron chi connectivity index (χ1n) is 7.25. The number of carbonyl (C=O) groups excluding carboxylic acids is 2. The van der Waals surface area contributed by atoms with Gasteiger partial charge in [-0.25, -0.2) is 4.79 Å². The number of ether oxygens (including phenoxy) is 3. The number of aromatic nitrogens is 1. The molecule has 7 nitrogen and oxygen atoms in total. The van der Waals surface area contributed by atoms with E-state index in [-0.39, 0.29) is 5.56 Å². The van der Waals surface area contributed by atoms with E-state index >= 15 is 0 Å². The van der Waals surface area contributed by atoms with Gasteiger partial charge >= 0.3 is 5.97 Å². The third-order valence-corrected chi connectivity index (χ3v) is 3.52. The number of esters is 1. The SMILES string of the molecule is COc1cc(OC)c(NC(=O)COC(=O)c2ccc(C)nc2)cc1Cl. The zero-order valence-electron chi connectivity index (χ0n) is 14.0. The van der Waals surface area contributed by atoms with Crippen LogP contribution in [0, 0.1) is 6.92 Å². The Kier molecular flexibility index (Phi) is 6.19. The molecular weight excluding hydrogens is 348 g/mol. The van der Waals surface area contributed by atoms with Crippen LogP contribution in [0.1, 0.15) is 16.1 Å². The highest BCUT2D eigenvalue weighted by atomic mass is 35.5. The standard InChI is InChI=1S/C17H17ClN2O5/c1-10-4-5-11(8-19-10)17(22)25-9-16(21)20-13-6-12(18)14(23-2)7-15(13)24-3/h4-8H,9H2,1-3H3,(H,20,21). The fraction of sp³-hybridized carbons (Fsp3) is 0.235. The highest BCUT2D eigenvalue weighted by Gasteiger charge is 2.14. The molecule has 8 heteroatoms. The summed E-state index contributed by atoms with van der Waals surface area (Å²) in [5.41, 5.74) is 1.38. The van der Waals surface area contributed by atoms with E-state index in [2.05, 4.69) is 10.3 Å². The van der Waals surface area contributed by atoms with Crippen LogP contribution in [0.5, 0.6) is 11.5 Å². The molecular formula is C17H17ClN2O5. The molecule has 0 aliphatic carbocycles. The van der Waals surface area contributed by atoms with Crippen molar-refractivity contribution in [3.8, 4) is 11.5 Å². The Balaban J connectivity index is 1.99. The Morgan fingerprint density at radius 2 is 1.88 bits per heavy atom. The highest BCUT2D eigenvalue weighted by molar-refractivity contribution is 6.32. The van der Waals surface area contributed by atoms with Gasteiger partial charge in [0.2, 0.25) is 0 Å². The molecule has 0 fully saturated rings. The molecule has 1 heterocycles. The van der Waals surface area contributed by atoms with Gasteiger partial charge in [-0.3, -0.25) is 9.78 Å². The van der Waals surface area contributed by atoms with Crippen LogP contribution >= 0.6 is 11.6 Å². The fourth-order valence-electron chi connectivity index (χ4n) is 1.95. The molecule has 0 bridgehead atoms. The number of aryl methyl sites for hydroxylation is 1. The van der Waals surface area contributed by atoms with Gasteiger partial charge in [-0.1, -0.05) is 11.6 Å². The second-order valence-electron chi connectivity index (χ2n) is 5.00. The zero-order valence-corrected chi connectivity index (χ0v) is 14.7. The number of hydrogen-bond acceptors (Lipinski definition) is 6. The average molecular weight is 365 g/mol. The number of anilines is 1. The zero-order chi connectivity index (χ0) is 18.4. The number of carbonyl (C=O) groups is 2. The summed E-state index contributed by atoms with van der Waals surface area (Å²) in [4.78, 5) is 27.9. The Hall–Kier alpha value is -2.80. The molecule has 2 aromatic rings. The quantitative estimate of drug-likeness (QED) is 0.793. The van der Waals surface area contributed by atoms with E-state index in [9.17, 15) is 9.59 Å². The Morgan fingerprint density at radius 3 is 2.48 bits per heavy atom. The van der Waals surface area contributed by atoms with E-state index in [0.717, 1.165) is 5.69 Å². The highest BCUT2D eigenvalue weighted by Crippen LogP contribution is 2.35. The molecule has 25 heavy (non-hydrogen) atoms. The predicted octanol–water partition coefficient (Wildman–Crippen LogP) is 2.86. The number of amides is 1. The van der Waals surface area contributed by atoms with Crippen molar-refractivity contribution < 1.29 is 23.8 Å². The van der Waals surface area contributed by atoms with E-state index < -0.39 is 18.5 Å². The molecule has 132 valence electrons. The molecule has 0 unspecified atom stereocenters. The first-order chi connectivity index (χ1) is 11.9. The van der Waals surface area contributed by atoms with Crippen molar-refractivity contribution in [2.45, 2.75) is 6.92 Å². The van der Waals surface area contributed by atoms with E-state index in [4.69, 9.17) is 25.8 Å². The topological polar surface area (TPSA) is 86.8 Å². The van der Waals surface area contributed by atoms with Crippen LogP contribution in [0.2, 0.25) is 5.02 Å². The minimum atomic E-state index is -0.637. The monoisotopic (exact) mass is 364 g/mol. The first kappa shape index (κ1) is 18.5. The summed E-state index contributed by atoms with van der Waals surface area (Å²) in [6, 6.07) is 6.29. The Labute approximate surface area is 149 Å². The van der Waals surface area contributed by atoms with Crippen molar-refractivity contribution in [1.29, 1.82) is 0 Å². The van der Waals surface area contributed by atoms with Crippen LogP contribution in [0.25, 0.3) is 0 Å². The van der Waals surface area contributed by atoms with Crippen molar-refractivity contribution in [1.82, 2.24) is 4.98 Å². The lowest BCUT2D eigenvalue weighted by atomic mass is 10.2. The number of methoxy groups -OCH3 is 2. The van der Waals surface area contributed by atoms with Gasteiger partial charge in [-0.2, -0.15) is 0 Å². The van der Waals surface area contributed by atoms with Gasteiger partial charge in [0.05, 0.1) is 30.5 Å². The minimum Gasteiger partial charge on any atom is -0.495 e. The molecule has 1 aromatic carbocycles. The Morgan fingerprint density at radius 1 is 1.16 bits per heavy atom. The number of nitrogens with one attached hydrogen (secondary N) is 1. The molecule has 1 amide bonds. The fourth-order valence-corrected chi connectivity index (χ4v) is 2.19. The maximum absolute atomic E-state index is 12.0. The van der Waals surface area contributed by atoms with Crippen molar-refractivity contribution in [3.05, 3.63) is 46.7 Å². The van der Waals surface area contributed by atoms with Crippen molar-refractivity contribution in [3.63, 3.8) is 0 Å².